The Hall–Kier alpha value is -1.00. The van der Waals surface area contributed by atoms with Crippen LogP contribution in [0.25, 0.3) is 0 Å². The Bertz CT molecular complexity index is 358. The van der Waals surface area contributed by atoms with Gasteiger partial charge in [-0.15, -0.1) is 0 Å². The second kappa shape index (κ2) is 5.92. The molecule has 0 aliphatic carbocycles. The number of hydrogen-bond acceptors (Lipinski definition) is 2. The molecule has 1 rings (SSSR count). The third-order valence-electron chi connectivity index (χ3n) is 2.55. The molecule has 3 N–H and O–H groups in total. The molecule has 0 saturated carbocycles. The molecular formula is C11H18ClN3O. The van der Waals surface area contributed by atoms with Gasteiger partial charge in [-0.3, -0.25) is 4.79 Å². The van der Waals surface area contributed by atoms with Crippen LogP contribution < -0.4 is 11.1 Å². The highest BCUT2D eigenvalue weighted by Gasteiger charge is 2.15. The number of aryl methyl sites for hydroxylation is 1. The SMILES string of the molecule is CCC(CN)NC(=O)c1cc(Cl)cn1CC. The summed E-state index contributed by atoms with van der Waals surface area (Å²) in [6, 6.07) is 1.69. The highest BCUT2D eigenvalue weighted by atomic mass is 35.5. The van der Waals surface area contributed by atoms with Crippen LogP contribution in [0, 0.1) is 0 Å². The maximum atomic E-state index is 11.9. The number of aromatic nitrogens is 1. The van der Waals surface area contributed by atoms with Crippen molar-refractivity contribution in [3.63, 3.8) is 0 Å². The van der Waals surface area contributed by atoms with Crippen molar-refractivity contribution in [1.29, 1.82) is 0 Å². The first-order valence-corrected chi connectivity index (χ1v) is 5.86. The quantitative estimate of drug-likeness (QED) is 0.826. The van der Waals surface area contributed by atoms with Gasteiger partial charge < -0.3 is 15.6 Å². The maximum absolute atomic E-state index is 11.9. The van der Waals surface area contributed by atoms with Crippen LogP contribution in [0.2, 0.25) is 5.02 Å². The summed E-state index contributed by atoms with van der Waals surface area (Å²) < 4.78 is 1.82. The summed E-state index contributed by atoms with van der Waals surface area (Å²) in [7, 11) is 0. The van der Waals surface area contributed by atoms with E-state index in [0.29, 0.717) is 17.3 Å². The molecule has 0 saturated heterocycles. The van der Waals surface area contributed by atoms with Gasteiger partial charge in [0.05, 0.1) is 5.02 Å². The van der Waals surface area contributed by atoms with E-state index in [2.05, 4.69) is 5.32 Å². The Morgan fingerprint density at radius 2 is 2.31 bits per heavy atom. The number of carbonyl (C=O) groups is 1. The number of nitrogens with one attached hydrogen (secondary N) is 1. The van der Waals surface area contributed by atoms with Gasteiger partial charge in [-0.05, 0) is 19.4 Å². The lowest BCUT2D eigenvalue weighted by Crippen LogP contribution is -2.40. The second-order valence-corrected chi connectivity index (χ2v) is 4.08. The Kier molecular flexibility index (Phi) is 4.83. The molecule has 1 amide bonds. The van der Waals surface area contributed by atoms with Crippen molar-refractivity contribution in [1.82, 2.24) is 9.88 Å². The first-order valence-electron chi connectivity index (χ1n) is 5.48. The van der Waals surface area contributed by atoms with Crippen molar-refractivity contribution in [3.05, 3.63) is 23.0 Å². The predicted molar refractivity (Wildman–Crippen MR) is 65.7 cm³/mol. The number of amides is 1. The second-order valence-electron chi connectivity index (χ2n) is 3.64. The lowest BCUT2D eigenvalue weighted by atomic mass is 10.2. The molecule has 0 aliphatic rings. The third-order valence-corrected chi connectivity index (χ3v) is 2.76. The van der Waals surface area contributed by atoms with E-state index in [1.165, 1.54) is 0 Å². The fourth-order valence-corrected chi connectivity index (χ4v) is 1.73. The van der Waals surface area contributed by atoms with Gasteiger partial charge in [0.2, 0.25) is 0 Å². The van der Waals surface area contributed by atoms with Gasteiger partial charge in [0.15, 0.2) is 0 Å². The number of carbonyl (C=O) groups excluding carboxylic acids is 1. The molecule has 0 radical (unpaired) electrons. The van der Waals surface area contributed by atoms with E-state index >= 15 is 0 Å². The zero-order valence-corrected chi connectivity index (χ0v) is 10.4. The summed E-state index contributed by atoms with van der Waals surface area (Å²) in [4.78, 5) is 11.9. The van der Waals surface area contributed by atoms with Gasteiger partial charge in [-0.25, -0.2) is 0 Å². The van der Waals surface area contributed by atoms with E-state index in [1.807, 2.05) is 18.4 Å². The summed E-state index contributed by atoms with van der Waals surface area (Å²) in [6.07, 6.45) is 2.57. The van der Waals surface area contributed by atoms with E-state index in [4.69, 9.17) is 17.3 Å². The van der Waals surface area contributed by atoms with E-state index in [-0.39, 0.29) is 11.9 Å². The molecule has 90 valence electrons. The smallest absolute Gasteiger partial charge is 0.268 e. The zero-order chi connectivity index (χ0) is 12.1. The summed E-state index contributed by atoms with van der Waals surface area (Å²) in [5, 5.41) is 3.45. The minimum atomic E-state index is -0.119. The number of nitrogens with zero attached hydrogens (tertiary/aromatic N) is 1. The molecule has 5 heteroatoms. The van der Waals surface area contributed by atoms with Crippen LogP contribution >= 0.6 is 11.6 Å². The van der Waals surface area contributed by atoms with Crippen molar-refractivity contribution in [2.24, 2.45) is 5.73 Å². The topological polar surface area (TPSA) is 60.0 Å². The molecule has 1 atom stereocenters. The van der Waals surface area contributed by atoms with E-state index in [9.17, 15) is 4.79 Å². The van der Waals surface area contributed by atoms with Gasteiger partial charge in [-0.1, -0.05) is 18.5 Å². The number of halogens is 1. The monoisotopic (exact) mass is 243 g/mol. The Morgan fingerprint density at radius 3 is 2.81 bits per heavy atom. The molecule has 1 heterocycles. The fraction of sp³-hybridized carbons (Fsp3) is 0.545. The normalized spacial score (nSPS) is 12.5. The Labute approximate surface area is 101 Å². The lowest BCUT2D eigenvalue weighted by molar-refractivity contribution is 0.0928. The van der Waals surface area contributed by atoms with Gasteiger partial charge in [0.1, 0.15) is 5.69 Å². The van der Waals surface area contributed by atoms with Crippen LogP contribution in [0.15, 0.2) is 12.3 Å². The fourth-order valence-electron chi connectivity index (χ4n) is 1.51. The molecule has 1 aromatic heterocycles. The predicted octanol–water partition coefficient (Wildman–Crippen LogP) is 1.63. The lowest BCUT2D eigenvalue weighted by Gasteiger charge is -2.15. The molecule has 0 aliphatic heterocycles. The highest BCUT2D eigenvalue weighted by molar-refractivity contribution is 6.31. The molecule has 1 unspecified atom stereocenters. The molecule has 16 heavy (non-hydrogen) atoms. The number of hydrogen-bond donors (Lipinski definition) is 2. The van der Waals surface area contributed by atoms with Crippen LogP contribution in [0.5, 0.6) is 0 Å². The molecule has 0 fully saturated rings. The first kappa shape index (κ1) is 13.1. The summed E-state index contributed by atoms with van der Waals surface area (Å²) in [5.74, 6) is -0.119. The molecule has 0 aromatic carbocycles. The molecule has 4 nitrogen and oxygen atoms in total. The van der Waals surface area contributed by atoms with Crippen LogP contribution in [0.1, 0.15) is 30.8 Å². The van der Waals surface area contributed by atoms with E-state index in [1.54, 1.807) is 12.3 Å². The van der Waals surface area contributed by atoms with Crippen LogP contribution in [-0.4, -0.2) is 23.1 Å². The van der Waals surface area contributed by atoms with Crippen molar-refractivity contribution in [2.75, 3.05) is 6.54 Å². The molecule has 1 aromatic rings. The van der Waals surface area contributed by atoms with Crippen LogP contribution in [-0.2, 0) is 6.54 Å². The Balaban J connectivity index is 2.79. The standard InChI is InChI=1S/C11H18ClN3O/c1-3-9(6-13)14-11(16)10-5-8(12)7-15(10)4-2/h5,7,9H,3-4,6,13H2,1-2H3,(H,14,16). The summed E-state index contributed by atoms with van der Waals surface area (Å²) in [5.41, 5.74) is 6.12. The summed E-state index contributed by atoms with van der Waals surface area (Å²) >= 11 is 5.87. The largest absolute Gasteiger partial charge is 0.347 e. The van der Waals surface area contributed by atoms with E-state index < -0.39 is 0 Å². The average molecular weight is 244 g/mol. The van der Waals surface area contributed by atoms with Crippen molar-refractivity contribution >= 4 is 17.5 Å². The van der Waals surface area contributed by atoms with Crippen LogP contribution in [0.3, 0.4) is 0 Å². The molecule has 0 spiro atoms. The maximum Gasteiger partial charge on any atom is 0.268 e. The van der Waals surface area contributed by atoms with Gasteiger partial charge in [-0.2, -0.15) is 0 Å². The minimum Gasteiger partial charge on any atom is -0.347 e. The molecule has 0 bridgehead atoms. The minimum absolute atomic E-state index is 0.0199. The van der Waals surface area contributed by atoms with Gasteiger partial charge in [0, 0.05) is 25.3 Å². The zero-order valence-electron chi connectivity index (χ0n) is 9.66. The highest BCUT2D eigenvalue weighted by Crippen LogP contribution is 2.14. The van der Waals surface area contributed by atoms with Crippen molar-refractivity contribution in [2.45, 2.75) is 32.9 Å². The summed E-state index contributed by atoms with van der Waals surface area (Å²) in [6.45, 7) is 5.12. The van der Waals surface area contributed by atoms with E-state index in [0.717, 1.165) is 13.0 Å². The number of rotatable bonds is 5. The van der Waals surface area contributed by atoms with Gasteiger partial charge >= 0.3 is 0 Å². The van der Waals surface area contributed by atoms with Crippen molar-refractivity contribution < 1.29 is 4.79 Å². The molecular weight excluding hydrogens is 226 g/mol. The van der Waals surface area contributed by atoms with Crippen molar-refractivity contribution in [3.8, 4) is 0 Å². The van der Waals surface area contributed by atoms with Crippen LogP contribution in [0.4, 0.5) is 0 Å². The van der Waals surface area contributed by atoms with Gasteiger partial charge in [0.25, 0.3) is 5.91 Å². The first-order chi connectivity index (χ1) is 7.62. The average Bonchev–Trinajstić information content (AvgIpc) is 2.67. The Morgan fingerprint density at radius 1 is 1.62 bits per heavy atom. The number of nitrogens with two attached hydrogens (primary N) is 1. The third kappa shape index (κ3) is 3.00.